The van der Waals surface area contributed by atoms with Crippen LogP contribution in [0.5, 0.6) is 5.75 Å². The summed E-state index contributed by atoms with van der Waals surface area (Å²) in [5, 5.41) is 0. The fourth-order valence-corrected chi connectivity index (χ4v) is 4.74. The molecule has 1 unspecified atom stereocenters. The smallest absolute Gasteiger partial charge is 0.146 e. The van der Waals surface area contributed by atoms with E-state index >= 15 is 0 Å². The Hall–Kier alpha value is -3.25. The summed E-state index contributed by atoms with van der Waals surface area (Å²) in [4.78, 5) is 30.3. The lowest BCUT2D eigenvalue weighted by Gasteiger charge is -2.26. The zero-order valence-electron chi connectivity index (χ0n) is 23.6. The maximum Gasteiger partial charge on any atom is 0.146 e. The first-order valence-electron chi connectivity index (χ1n) is 12.9. The lowest BCUT2D eigenvalue weighted by Crippen LogP contribution is -2.11. The number of hydrogen-bond donors (Lipinski definition) is 1. The first-order valence-corrected chi connectivity index (χ1v) is 14.8. The van der Waals surface area contributed by atoms with Crippen molar-refractivity contribution in [3.63, 3.8) is 0 Å². The summed E-state index contributed by atoms with van der Waals surface area (Å²) >= 11 is 0. The van der Waals surface area contributed by atoms with Crippen LogP contribution in [0.3, 0.4) is 0 Å². The Morgan fingerprint density at radius 3 is 2.24 bits per heavy atom. The largest absolute Gasteiger partial charge is 0.456 e. The topological polar surface area (TPSA) is 63.6 Å². The van der Waals surface area contributed by atoms with E-state index in [0.717, 1.165) is 48.0 Å². The number of aldehydes is 1. The van der Waals surface area contributed by atoms with E-state index in [-0.39, 0.29) is 5.78 Å². The molecule has 1 aliphatic rings. The number of terminal acetylenes is 1. The van der Waals surface area contributed by atoms with Crippen molar-refractivity contribution in [1.82, 2.24) is 0 Å². The van der Waals surface area contributed by atoms with Gasteiger partial charge in [-0.15, -0.1) is 12.8 Å². The zero-order chi connectivity index (χ0) is 28.7. The van der Waals surface area contributed by atoms with Crippen molar-refractivity contribution in [2.24, 2.45) is 0 Å². The van der Waals surface area contributed by atoms with Gasteiger partial charge in [0.1, 0.15) is 23.6 Å². The molecule has 1 atom stereocenters. The highest BCUT2D eigenvalue weighted by atomic mass is 31.1. The second-order valence-electron chi connectivity index (χ2n) is 8.97. The maximum atomic E-state index is 11.3. The minimum atomic E-state index is -0.854. The molecule has 0 saturated carbocycles. The average Bonchev–Trinajstić information content (AvgIpc) is 2.90. The third-order valence-corrected chi connectivity index (χ3v) is 6.79. The predicted molar refractivity (Wildman–Crippen MR) is 162 cm³/mol. The van der Waals surface area contributed by atoms with Crippen molar-refractivity contribution in [3.8, 4) is 18.6 Å². The van der Waals surface area contributed by atoms with Crippen molar-refractivity contribution >= 4 is 25.8 Å². The van der Waals surface area contributed by atoms with Crippen LogP contribution >= 0.6 is 8.15 Å². The van der Waals surface area contributed by atoms with Crippen molar-refractivity contribution in [1.29, 1.82) is 0 Å². The second-order valence-corrected chi connectivity index (χ2v) is 10.7. The van der Waals surface area contributed by atoms with Gasteiger partial charge >= 0.3 is 0 Å². The number of carbonyl (C=O) groups is 2. The SMILES string of the molecule is C#C.C/C=C\C1=C(c2ccc(CC)cc2C)c2ccc(CCC)cc2O/C1=C/C=O.CC(=O)CCP(C)O. The Kier molecular flexibility index (Phi) is 14.9. The zero-order valence-corrected chi connectivity index (χ0v) is 24.5. The highest BCUT2D eigenvalue weighted by Crippen LogP contribution is 2.43. The molecular weight excluding hydrogens is 491 g/mol. The van der Waals surface area contributed by atoms with Crippen LogP contribution in [0.15, 0.2) is 66.0 Å². The van der Waals surface area contributed by atoms with Crippen LogP contribution < -0.4 is 4.74 Å². The quantitative estimate of drug-likeness (QED) is 0.156. The molecule has 0 bridgehead atoms. The van der Waals surface area contributed by atoms with Gasteiger partial charge < -0.3 is 14.4 Å². The van der Waals surface area contributed by atoms with E-state index in [1.807, 2.05) is 19.1 Å². The highest BCUT2D eigenvalue weighted by molar-refractivity contribution is 7.50. The molecule has 1 heterocycles. The van der Waals surface area contributed by atoms with Crippen LogP contribution in [0.2, 0.25) is 0 Å². The van der Waals surface area contributed by atoms with E-state index in [1.54, 1.807) is 13.6 Å². The van der Waals surface area contributed by atoms with Gasteiger partial charge in [-0.3, -0.25) is 4.79 Å². The fraction of sp³-hybridized carbons (Fsp3) is 0.333. The van der Waals surface area contributed by atoms with Gasteiger partial charge in [0.2, 0.25) is 0 Å². The molecule has 3 rings (SSSR count). The van der Waals surface area contributed by atoms with Crippen LogP contribution in [0.1, 0.15) is 68.4 Å². The molecule has 2 aromatic carbocycles. The number of aryl methyl sites for hydroxylation is 3. The normalized spacial score (nSPS) is 14.0. The molecule has 0 aliphatic carbocycles. The number of allylic oxidation sites excluding steroid dienone is 3. The van der Waals surface area contributed by atoms with Crippen LogP contribution in [-0.2, 0) is 22.4 Å². The highest BCUT2D eigenvalue weighted by Gasteiger charge is 2.25. The van der Waals surface area contributed by atoms with E-state index in [4.69, 9.17) is 9.63 Å². The number of ether oxygens (including phenoxy) is 1. The second kappa shape index (κ2) is 17.3. The number of carbonyl (C=O) groups excluding carboxylic acids is 2. The monoisotopic (exact) mass is 532 g/mol. The Morgan fingerprint density at radius 2 is 1.74 bits per heavy atom. The summed E-state index contributed by atoms with van der Waals surface area (Å²) in [5.74, 6) is 1.58. The Labute approximate surface area is 230 Å². The molecule has 0 saturated heterocycles. The number of hydrogen-bond acceptors (Lipinski definition) is 4. The molecule has 2 aromatic rings. The molecular formula is C33H41O4P. The van der Waals surface area contributed by atoms with Crippen LogP contribution in [0, 0.1) is 19.8 Å². The Balaban J connectivity index is 0.000000620. The number of benzene rings is 2. The summed E-state index contributed by atoms with van der Waals surface area (Å²) < 4.78 is 6.18. The summed E-state index contributed by atoms with van der Waals surface area (Å²) in [6, 6.07) is 13.1. The number of Topliss-reactive ketones (excluding diaryl/α,β-unsaturated/α-hetero) is 1. The standard InChI is InChI=1S/C26H28O2.C5H11O2P.C2H2/c1-5-8-20-11-13-23-25(17-20)28-24(14-15-27)22(9-6-2)26(23)21-12-10-19(7-3)16-18(21)4;1-5(6)3-4-8(2)7;1-2/h6,9-17H,5,7-8H2,1-4H3;7H,3-4H2,1-2H3;1-2H/b9-6-,24-14+;;. The van der Waals surface area contributed by atoms with Gasteiger partial charge in [-0.1, -0.05) is 62.8 Å². The van der Waals surface area contributed by atoms with Gasteiger partial charge in [-0.2, -0.15) is 0 Å². The van der Waals surface area contributed by atoms with E-state index in [2.05, 4.69) is 70.0 Å². The van der Waals surface area contributed by atoms with Gasteiger partial charge in [-0.25, -0.2) is 0 Å². The van der Waals surface area contributed by atoms with Gasteiger partial charge in [0.25, 0.3) is 0 Å². The summed E-state index contributed by atoms with van der Waals surface area (Å²) in [6.07, 6.45) is 18.6. The Bertz CT molecular complexity index is 1200. The van der Waals surface area contributed by atoms with Crippen LogP contribution in [-0.4, -0.2) is 29.8 Å². The molecule has 1 aliphatic heterocycles. The van der Waals surface area contributed by atoms with E-state index in [0.29, 0.717) is 18.3 Å². The number of rotatable bonds is 9. The molecule has 0 aromatic heterocycles. The van der Waals surface area contributed by atoms with Crippen molar-refractivity contribution < 1.29 is 19.2 Å². The first kappa shape index (κ1) is 32.8. The van der Waals surface area contributed by atoms with E-state index in [9.17, 15) is 9.59 Å². The molecule has 0 fully saturated rings. The minimum Gasteiger partial charge on any atom is -0.456 e. The molecule has 4 nitrogen and oxygen atoms in total. The van der Waals surface area contributed by atoms with Gasteiger partial charge in [0.15, 0.2) is 0 Å². The Morgan fingerprint density at radius 1 is 1.08 bits per heavy atom. The van der Waals surface area contributed by atoms with Gasteiger partial charge in [0, 0.05) is 37.4 Å². The summed E-state index contributed by atoms with van der Waals surface area (Å²) in [5.41, 5.74) is 8.11. The number of ketones is 1. The van der Waals surface area contributed by atoms with Crippen molar-refractivity contribution in [2.45, 2.75) is 60.3 Å². The predicted octanol–water partition coefficient (Wildman–Crippen LogP) is 7.60. The molecule has 38 heavy (non-hydrogen) atoms. The molecule has 1 N–H and O–H groups in total. The maximum absolute atomic E-state index is 11.3. The molecule has 5 heteroatoms. The molecule has 0 radical (unpaired) electrons. The molecule has 0 spiro atoms. The van der Waals surface area contributed by atoms with Crippen molar-refractivity contribution in [2.75, 3.05) is 12.8 Å². The summed E-state index contributed by atoms with van der Waals surface area (Å²) in [7, 11) is -0.854. The van der Waals surface area contributed by atoms with E-state index < -0.39 is 8.15 Å². The average molecular weight is 533 g/mol. The molecule has 0 amide bonds. The van der Waals surface area contributed by atoms with Crippen molar-refractivity contribution in [3.05, 3.63) is 93.8 Å². The lowest BCUT2D eigenvalue weighted by molar-refractivity contribution is -0.116. The summed E-state index contributed by atoms with van der Waals surface area (Å²) in [6.45, 7) is 11.8. The fourth-order valence-electron chi connectivity index (χ4n) is 4.10. The van der Waals surface area contributed by atoms with Gasteiger partial charge in [0.05, 0.1) is 0 Å². The minimum absolute atomic E-state index is 0.161. The number of fused-ring (bicyclic) bond motifs is 1. The first-order chi connectivity index (χ1) is 18.2. The third kappa shape index (κ3) is 9.56. The third-order valence-electron chi connectivity index (χ3n) is 5.92. The van der Waals surface area contributed by atoms with Gasteiger partial charge in [-0.05, 0) is 74.8 Å². The molecule has 202 valence electrons. The lowest BCUT2D eigenvalue weighted by atomic mass is 9.85. The van der Waals surface area contributed by atoms with Crippen LogP contribution in [0.25, 0.3) is 5.57 Å². The van der Waals surface area contributed by atoms with E-state index in [1.165, 1.54) is 28.3 Å². The van der Waals surface area contributed by atoms with Crippen LogP contribution in [0.4, 0.5) is 0 Å².